The molecule has 0 saturated carbocycles. The van der Waals surface area contributed by atoms with E-state index in [4.69, 9.17) is 0 Å². The molecule has 0 spiro atoms. The molecule has 0 unspecified atom stereocenters. The van der Waals surface area contributed by atoms with Crippen molar-refractivity contribution in [2.75, 3.05) is 0 Å². The topological polar surface area (TPSA) is 0 Å². The first-order valence-electron chi connectivity index (χ1n) is 3.15. The van der Waals surface area contributed by atoms with Crippen molar-refractivity contribution >= 4 is 10.8 Å². The summed E-state index contributed by atoms with van der Waals surface area (Å²) in [5.74, 6) is 0. The van der Waals surface area contributed by atoms with Crippen molar-refractivity contribution in [3.05, 3.63) is 48.5 Å². The van der Waals surface area contributed by atoms with Crippen LogP contribution in [0.25, 0.3) is 10.8 Å². The summed E-state index contributed by atoms with van der Waals surface area (Å²) >= 11 is 0. The summed E-state index contributed by atoms with van der Waals surface area (Å²) < 4.78 is 0. The molecular weight excluding hydrogens is 120 g/mol. The molecule has 0 heterocycles. The quantitative estimate of drug-likeness (QED) is 0.506. The number of hydrogen-bond acceptors (Lipinski definition) is 0. The summed E-state index contributed by atoms with van der Waals surface area (Å²) in [6.07, 6.45) is 0. The van der Waals surface area contributed by atoms with Gasteiger partial charge in [0.15, 0.2) is 0 Å². The Morgan fingerprint density at radius 1 is 1.10 bits per heavy atom. The molecule has 0 nitrogen and oxygen atoms in total. The Morgan fingerprint density at radius 3 is 3.00 bits per heavy atom. The van der Waals surface area contributed by atoms with E-state index >= 15 is 0 Å². The third-order valence-electron chi connectivity index (χ3n) is 1.43. The van der Waals surface area contributed by atoms with Gasteiger partial charge in [-0.05, 0) is 29.0 Å². The van der Waals surface area contributed by atoms with Gasteiger partial charge in [-0.15, -0.1) is 0 Å². The molecule has 45 valence electrons. The van der Waals surface area contributed by atoms with Gasteiger partial charge >= 0.3 is 0 Å². The van der Waals surface area contributed by atoms with Gasteiger partial charge in [-0.1, -0.05) is 30.3 Å². The van der Waals surface area contributed by atoms with E-state index in [1.807, 2.05) is 30.3 Å². The lowest BCUT2D eigenvalue weighted by Gasteiger charge is -1.90. The van der Waals surface area contributed by atoms with Gasteiger partial charge in [0.25, 0.3) is 0 Å². The molecule has 0 aromatic heterocycles. The maximum absolute atomic E-state index is 3.06. The molecule has 0 aliphatic rings. The highest BCUT2D eigenvalue weighted by molar-refractivity contribution is 5.80. The summed E-state index contributed by atoms with van der Waals surface area (Å²) in [6.45, 7) is 0. The van der Waals surface area contributed by atoms with Crippen LogP contribution >= 0.6 is 0 Å². The normalized spacial score (nSPS) is 10.0. The molecule has 2 rings (SSSR count). The average Bonchev–Trinajstić information content (AvgIpc) is 2.05. The highest BCUT2D eigenvalue weighted by atomic mass is 13.9. The fourth-order valence-electron chi connectivity index (χ4n) is 0.942. The predicted molar refractivity (Wildman–Crippen MR) is 40.5 cm³/mol. The second-order valence-corrected chi connectivity index (χ2v) is 2.10. The molecule has 2 aromatic carbocycles. The van der Waals surface area contributed by atoms with Crippen molar-refractivity contribution in [2.45, 2.75) is 0 Å². The van der Waals surface area contributed by atoms with Crippen LogP contribution in [-0.2, 0) is 0 Å². The van der Waals surface area contributed by atoms with Gasteiger partial charge in [0.05, 0.1) is 0 Å². The van der Waals surface area contributed by atoms with Gasteiger partial charge in [-0.3, -0.25) is 0 Å². The van der Waals surface area contributed by atoms with Crippen LogP contribution in [0.5, 0.6) is 0 Å². The van der Waals surface area contributed by atoms with Crippen LogP contribution in [0, 0.1) is 18.2 Å². The van der Waals surface area contributed by atoms with E-state index in [-0.39, 0.29) is 0 Å². The highest BCUT2D eigenvalue weighted by Crippen LogP contribution is 2.09. The lowest BCUT2D eigenvalue weighted by atomic mass is 10.1. The Kier molecular flexibility index (Phi) is 1.17. The molecule has 0 N–H and O–H groups in total. The molecule has 0 heteroatoms. The number of fused-ring (bicyclic) bond motifs is 1. The van der Waals surface area contributed by atoms with Gasteiger partial charge in [0.2, 0.25) is 0 Å². The Hall–Kier alpha value is -1.30. The summed E-state index contributed by atoms with van der Waals surface area (Å²) in [5, 5.41) is 2.17. The fourth-order valence-corrected chi connectivity index (χ4v) is 0.942. The summed E-state index contributed by atoms with van der Waals surface area (Å²) in [5.41, 5.74) is 0. The van der Waals surface area contributed by atoms with Gasteiger partial charge in [0.1, 0.15) is 0 Å². The standard InChI is InChI=1S/C10H5/c1-2-6-10-8-4-3-7-9(10)5-1/h1-3,5,7H. The number of rotatable bonds is 0. The van der Waals surface area contributed by atoms with Crippen molar-refractivity contribution in [1.29, 1.82) is 0 Å². The molecule has 0 fully saturated rings. The maximum atomic E-state index is 3.06. The van der Waals surface area contributed by atoms with Crippen LogP contribution in [-0.4, -0.2) is 0 Å². The molecule has 0 saturated heterocycles. The molecule has 0 aliphatic heterocycles. The lowest BCUT2D eigenvalue weighted by Crippen LogP contribution is -1.69. The molecule has 3 radical (unpaired) electrons. The highest BCUT2D eigenvalue weighted by Gasteiger charge is 1.86. The Bertz CT molecular complexity index is 271. The summed E-state index contributed by atoms with van der Waals surface area (Å²) in [7, 11) is 0. The van der Waals surface area contributed by atoms with Crippen molar-refractivity contribution in [1.82, 2.24) is 0 Å². The second-order valence-electron chi connectivity index (χ2n) is 2.10. The molecule has 0 amide bonds. The van der Waals surface area contributed by atoms with Crippen LogP contribution < -0.4 is 0 Å². The molecule has 0 atom stereocenters. The Balaban J connectivity index is 2.89. The summed E-state index contributed by atoms with van der Waals surface area (Å²) in [4.78, 5) is 0. The smallest absolute Gasteiger partial charge is 0.000763 e. The van der Waals surface area contributed by atoms with Crippen LogP contribution in [0.2, 0.25) is 0 Å². The Labute approximate surface area is 60.1 Å². The SMILES string of the molecule is [c]1[c]c2[c]cccc2cc1. The van der Waals surface area contributed by atoms with Crippen LogP contribution in [0.3, 0.4) is 0 Å². The van der Waals surface area contributed by atoms with E-state index in [0.29, 0.717) is 0 Å². The number of benzene rings is 2. The minimum atomic E-state index is 1.00. The van der Waals surface area contributed by atoms with Crippen molar-refractivity contribution in [2.24, 2.45) is 0 Å². The third-order valence-corrected chi connectivity index (χ3v) is 1.43. The van der Waals surface area contributed by atoms with Gasteiger partial charge in [-0.2, -0.15) is 0 Å². The molecule has 0 aliphatic carbocycles. The van der Waals surface area contributed by atoms with Gasteiger partial charge < -0.3 is 0 Å². The zero-order valence-corrected chi connectivity index (χ0v) is 5.39. The molecule has 2 aromatic rings. The van der Waals surface area contributed by atoms with Gasteiger partial charge in [0, 0.05) is 0 Å². The monoisotopic (exact) mass is 125 g/mol. The van der Waals surface area contributed by atoms with Crippen molar-refractivity contribution in [3.63, 3.8) is 0 Å². The molecule has 0 bridgehead atoms. The van der Waals surface area contributed by atoms with E-state index < -0.39 is 0 Å². The minimum absolute atomic E-state index is 1.00. The average molecular weight is 125 g/mol. The predicted octanol–water partition coefficient (Wildman–Crippen LogP) is 2.24. The van der Waals surface area contributed by atoms with E-state index in [2.05, 4.69) is 18.2 Å². The number of hydrogen-bond donors (Lipinski definition) is 0. The minimum Gasteiger partial charge on any atom is -0.0610 e. The molecule has 10 heavy (non-hydrogen) atoms. The largest absolute Gasteiger partial charge is 0.0610 e. The third kappa shape index (κ3) is 0.781. The van der Waals surface area contributed by atoms with Gasteiger partial charge in [-0.25, -0.2) is 0 Å². The lowest BCUT2D eigenvalue weighted by molar-refractivity contribution is 1.72. The van der Waals surface area contributed by atoms with Crippen molar-refractivity contribution in [3.8, 4) is 0 Å². The summed E-state index contributed by atoms with van der Waals surface area (Å²) in [6, 6.07) is 18.7. The van der Waals surface area contributed by atoms with Crippen LogP contribution in [0.4, 0.5) is 0 Å². The van der Waals surface area contributed by atoms with E-state index in [0.717, 1.165) is 5.39 Å². The fraction of sp³-hybridized carbons (Fsp3) is 0. The van der Waals surface area contributed by atoms with E-state index in [9.17, 15) is 0 Å². The molecular formula is C10H5. The first-order valence-corrected chi connectivity index (χ1v) is 3.15. The van der Waals surface area contributed by atoms with Crippen molar-refractivity contribution < 1.29 is 0 Å². The van der Waals surface area contributed by atoms with E-state index in [1.165, 1.54) is 5.39 Å². The maximum Gasteiger partial charge on any atom is -0.000763 e. The van der Waals surface area contributed by atoms with Crippen LogP contribution in [0.1, 0.15) is 0 Å². The van der Waals surface area contributed by atoms with Crippen LogP contribution in [0.15, 0.2) is 30.3 Å². The van der Waals surface area contributed by atoms with E-state index in [1.54, 1.807) is 0 Å². The Morgan fingerprint density at radius 2 is 2.10 bits per heavy atom. The zero-order valence-electron chi connectivity index (χ0n) is 5.39. The second kappa shape index (κ2) is 2.14. The first-order chi connectivity index (χ1) is 4.97. The first kappa shape index (κ1) is 5.48. The zero-order chi connectivity index (χ0) is 6.81.